The first-order chi connectivity index (χ1) is 12.8. The van der Waals surface area contributed by atoms with Gasteiger partial charge in [-0.25, -0.2) is 0 Å². The number of rotatable bonds is 5. The third-order valence-electron chi connectivity index (χ3n) is 5.94. The van der Waals surface area contributed by atoms with Gasteiger partial charge in [-0.1, -0.05) is 26.0 Å². The second kappa shape index (κ2) is 8.63. The smallest absolute Gasteiger partial charge is 0.187 e. The molecule has 0 aromatic rings. The van der Waals surface area contributed by atoms with Crippen LogP contribution in [0.1, 0.15) is 34.1 Å². The summed E-state index contributed by atoms with van der Waals surface area (Å²) in [6.45, 7) is 6.35. The zero-order valence-corrected chi connectivity index (χ0v) is 16.7. The van der Waals surface area contributed by atoms with E-state index < -0.39 is 72.6 Å². The Labute approximate surface area is 164 Å². The molecule has 28 heavy (non-hydrogen) atoms. The minimum Gasteiger partial charge on any atom is -0.394 e. The fraction of sp³-hybridized carbons (Fsp3) is 0.895. The molecule has 2 rings (SSSR count). The molecule has 0 unspecified atom stereocenters. The number of hydrogen-bond acceptors (Lipinski definition) is 9. The average molecular weight is 406 g/mol. The number of hydrogen-bond donors (Lipinski definition) is 7. The van der Waals surface area contributed by atoms with Crippen LogP contribution in [0.15, 0.2) is 12.2 Å². The second-order valence-corrected chi connectivity index (χ2v) is 8.83. The number of ether oxygens (including phenoxy) is 2. The van der Waals surface area contributed by atoms with E-state index in [1.807, 2.05) is 13.8 Å². The van der Waals surface area contributed by atoms with Gasteiger partial charge >= 0.3 is 0 Å². The summed E-state index contributed by atoms with van der Waals surface area (Å²) in [6.07, 6.45) is -6.11. The maximum Gasteiger partial charge on any atom is 0.187 e. The Balaban J connectivity index is 2.09. The quantitative estimate of drug-likeness (QED) is 0.263. The summed E-state index contributed by atoms with van der Waals surface area (Å²) in [6, 6.07) is 0. The van der Waals surface area contributed by atoms with Gasteiger partial charge in [-0.05, 0) is 25.7 Å². The molecule has 9 nitrogen and oxygen atoms in total. The minimum absolute atomic E-state index is 0.307. The summed E-state index contributed by atoms with van der Waals surface area (Å²) < 4.78 is 10.9. The molecular formula is C19H34O9. The molecule has 7 N–H and O–H groups in total. The molecule has 1 saturated carbocycles. The zero-order valence-electron chi connectivity index (χ0n) is 16.7. The van der Waals surface area contributed by atoms with Gasteiger partial charge in [0.2, 0.25) is 0 Å². The normalized spacial score (nSPS) is 48.0. The van der Waals surface area contributed by atoms with Crippen LogP contribution in [0.3, 0.4) is 0 Å². The van der Waals surface area contributed by atoms with E-state index in [-0.39, 0.29) is 0 Å². The summed E-state index contributed by atoms with van der Waals surface area (Å²) >= 11 is 0. The molecule has 9 heteroatoms. The lowest BCUT2D eigenvalue weighted by Crippen LogP contribution is -2.61. The lowest BCUT2D eigenvalue weighted by molar-refractivity contribution is -0.306. The van der Waals surface area contributed by atoms with E-state index in [2.05, 4.69) is 0 Å². The van der Waals surface area contributed by atoms with Crippen LogP contribution < -0.4 is 0 Å². The van der Waals surface area contributed by atoms with Gasteiger partial charge in [0, 0.05) is 5.92 Å². The van der Waals surface area contributed by atoms with Crippen LogP contribution >= 0.6 is 0 Å². The SMILES string of the molecule is C[C@H](C=C[C@H]1C(C)(C)C[C@H](O)[C@@H](O)[C@]1(C)O)O[C@@H]1O[C@H](CO)[C@@H](O)[C@H](O)[C@H]1O. The molecule has 2 fully saturated rings. The lowest BCUT2D eigenvalue weighted by atomic mass is 9.59. The third-order valence-corrected chi connectivity index (χ3v) is 5.94. The van der Waals surface area contributed by atoms with Crippen molar-refractivity contribution in [2.45, 2.75) is 88.7 Å². The van der Waals surface area contributed by atoms with Crippen molar-refractivity contribution >= 4 is 0 Å². The van der Waals surface area contributed by atoms with Crippen molar-refractivity contribution in [3.05, 3.63) is 12.2 Å². The number of aliphatic hydroxyl groups is 7. The second-order valence-electron chi connectivity index (χ2n) is 8.83. The van der Waals surface area contributed by atoms with Crippen molar-refractivity contribution in [3.63, 3.8) is 0 Å². The van der Waals surface area contributed by atoms with E-state index in [0.717, 1.165) is 0 Å². The maximum absolute atomic E-state index is 10.8. The van der Waals surface area contributed by atoms with Gasteiger partial charge in [-0.15, -0.1) is 0 Å². The highest BCUT2D eigenvalue weighted by molar-refractivity contribution is 5.12. The van der Waals surface area contributed by atoms with E-state index in [1.165, 1.54) is 6.92 Å². The van der Waals surface area contributed by atoms with Crippen molar-refractivity contribution in [1.82, 2.24) is 0 Å². The van der Waals surface area contributed by atoms with Crippen molar-refractivity contribution in [3.8, 4) is 0 Å². The van der Waals surface area contributed by atoms with Crippen molar-refractivity contribution < 1.29 is 45.2 Å². The fourth-order valence-electron chi connectivity index (χ4n) is 4.30. The third kappa shape index (κ3) is 4.58. The van der Waals surface area contributed by atoms with Gasteiger partial charge < -0.3 is 45.2 Å². The minimum atomic E-state index is -1.56. The first-order valence-electron chi connectivity index (χ1n) is 9.55. The van der Waals surface area contributed by atoms with Crippen LogP contribution in [0.2, 0.25) is 0 Å². The molecule has 2 aliphatic rings. The molecule has 0 aromatic heterocycles. The highest BCUT2D eigenvalue weighted by Crippen LogP contribution is 2.47. The van der Waals surface area contributed by atoms with Gasteiger partial charge in [0.05, 0.1) is 24.4 Å². The van der Waals surface area contributed by atoms with E-state index >= 15 is 0 Å². The van der Waals surface area contributed by atoms with Crippen LogP contribution in [0.5, 0.6) is 0 Å². The Morgan fingerprint density at radius 2 is 1.68 bits per heavy atom. The molecule has 1 aliphatic carbocycles. The first kappa shape index (κ1) is 23.7. The monoisotopic (exact) mass is 406 g/mol. The summed E-state index contributed by atoms with van der Waals surface area (Å²) in [5, 5.41) is 69.9. The van der Waals surface area contributed by atoms with E-state index in [4.69, 9.17) is 9.47 Å². The topological polar surface area (TPSA) is 160 Å². The zero-order chi connectivity index (χ0) is 21.4. The molecule has 0 radical (unpaired) electrons. The fourth-order valence-corrected chi connectivity index (χ4v) is 4.30. The molecule has 1 heterocycles. The molecule has 10 atom stereocenters. The Morgan fingerprint density at radius 3 is 2.25 bits per heavy atom. The van der Waals surface area contributed by atoms with Crippen LogP contribution in [-0.4, -0.2) is 97.0 Å². The molecule has 1 saturated heterocycles. The predicted octanol–water partition coefficient (Wildman–Crippen LogP) is -1.73. The summed E-state index contributed by atoms with van der Waals surface area (Å²) in [4.78, 5) is 0. The molecular weight excluding hydrogens is 372 g/mol. The largest absolute Gasteiger partial charge is 0.394 e. The Hall–Kier alpha value is -0.620. The molecule has 0 spiro atoms. The van der Waals surface area contributed by atoms with Crippen molar-refractivity contribution in [2.24, 2.45) is 11.3 Å². The van der Waals surface area contributed by atoms with Gasteiger partial charge in [0.25, 0.3) is 0 Å². The molecule has 0 amide bonds. The Bertz CT molecular complexity index is 548. The van der Waals surface area contributed by atoms with Gasteiger partial charge in [-0.2, -0.15) is 0 Å². The highest BCUT2D eigenvalue weighted by atomic mass is 16.7. The van der Waals surface area contributed by atoms with E-state index in [1.54, 1.807) is 19.1 Å². The molecule has 0 aromatic carbocycles. The maximum atomic E-state index is 10.8. The van der Waals surface area contributed by atoms with E-state index in [9.17, 15) is 35.7 Å². The van der Waals surface area contributed by atoms with Crippen LogP contribution in [0.25, 0.3) is 0 Å². The van der Waals surface area contributed by atoms with Gasteiger partial charge in [0.15, 0.2) is 6.29 Å². The highest BCUT2D eigenvalue weighted by Gasteiger charge is 2.53. The first-order valence-corrected chi connectivity index (χ1v) is 9.55. The van der Waals surface area contributed by atoms with Crippen LogP contribution in [-0.2, 0) is 9.47 Å². The van der Waals surface area contributed by atoms with Gasteiger partial charge in [0.1, 0.15) is 30.5 Å². The van der Waals surface area contributed by atoms with Crippen molar-refractivity contribution in [2.75, 3.05) is 6.61 Å². The number of aliphatic hydroxyl groups excluding tert-OH is 6. The van der Waals surface area contributed by atoms with Gasteiger partial charge in [-0.3, -0.25) is 0 Å². The van der Waals surface area contributed by atoms with E-state index in [0.29, 0.717) is 6.42 Å². The molecule has 1 aliphatic heterocycles. The average Bonchev–Trinajstić information content (AvgIpc) is 2.59. The van der Waals surface area contributed by atoms with Crippen molar-refractivity contribution in [1.29, 1.82) is 0 Å². The molecule has 0 bridgehead atoms. The summed E-state index contributed by atoms with van der Waals surface area (Å²) in [5.41, 5.74) is -2.05. The molecule has 164 valence electrons. The summed E-state index contributed by atoms with van der Waals surface area (Å²) in [7, 11) is 0. The Morgan fingerprint density at radius 1 is 1.07 bits per heavy atom. The summed E-state index contributed by atoms with van der Waals surface area (Å²) in [5.74, 6) is -0.487. The standard InChI is InChI=1S/C19H34O9/c1-9(27-17-15(24)14(23)13(22)11(8-20)28-17)5-6-12-18(2,3)7-10(21)16(25)19(12,4)26/h5-6,9-17,20-26H,7-8H2,1-4H3/t9-,10+,11-,12+,13-,14+,15-,16-,17-,19-/m1/s1. The lowest BCUT2D eigenvalue weighted by Gasteiger charge is -2.51. The predicted molar refractivity (Wildman–Crippen MR) is 98.0 cm³/mol. The Kier molecular flexibility index (Phi) is 7.29. The van der Waals surface area contributed by atoms with Crippen LogP contribution in [0, 0.1) is 11.3 Å². The van der Waals surface area contributed by atoms with Crippen LogP contribution in [0.4, 0.5) is 0 Å².